The van der Waals surface area contributed by atoms with Crippen LogP contribution >= 0.6 is 0 Å². The van der Waals surface area contributed by atoms with Crippen molar-refractivity contribution in [2.24, 2.45) is 22.7 Å². The molecule has 2 atom stereocenters. The van der Waals surface area contributed by atoms with Gasteiger partial charge in [0.2, 0.25) is 0 Å². The van der Waals surface area contributed by atoms with Gasteiger partial charge in [0.05, 0.1) is 18.6 Å². The van der Waals surface area contributed by atoms with Crippen LogP contribution in [0.4, 0.5) is 0 Å². The van der Waals surface area contributed by atoms with Crippen molar-refractivity contribution in [2.75, 3.05) is 19.8 Å². The number of hydrogen-bond donors (Lipinski definition) is 0. The van der Waals surface area contributed by atoms with Crippen LogP contribution in [0.3, 0.4) is 0 Å². The van der Waals surface area contributed by atoms with Gasteiger partial charge in [-0.25, -0.2) is 0 Å². The molecule has 1 saturated heterocycles. The third kappa shape index (κ3) is 4.11. The molecule has 2 rings (SSSR count). The molecule has 1 aliphatic heterocycles. The van der Waals surface area contributed by atoms with Crippen molar-refractivity contribution < 1.29 is 19.0 Å². The van der Waals surface area contributed by atoms with E-state index in [2.05, 4.69) is 48.5 Å². The van der Waals surface area contributed by atoms with Crippen LogP contribution in [-0.2, 0) is 19.0 Å². The summed E-state index contributed by atoms with van der Waals surface area (Å²) < 4.78 is 17.9. The number of rotatable bonds is 7. The van der Waals surface area contributed by atoms with E-state index in [1.54, 1.807) is 0 Å². The molecule has 0 aromatic carbocycles. The van der Waals surface area contributed by atoms with Crippen LogP contribution < -0.4 is 0 Å². The Kier molecular flexibility index (Phi) is 6.16. The standard InChI is InChI=1S/C22H38O4/c1-15(2)21(8,20(5,6)7)19(23)25-13-18(17-9-10-17)26-22(16(3)4)11-12-24-14-22/h15-16H,9-14H2,1-8H3. The van der Waals surface area contributed by atoms with Crippen molar-refractivity contribution in [3.63, 3.8) is 0 Å². The maximum absolute atomic E-state index is 13.0. The van der Waals surface area contributed by atoms with Crippen molar-refractivity contribution in [2.45, 2.75) is 80.3 Å². The smallest absolute Gasteiger partial charge is 0.313 e. The summed E-state index contributed by atoms with van der Waals surface area (Å²) >= 11 is 0. The summed E-state index contributed by atoms with van der Waals surface area (Å²) in [5, 5.41) is 0. The lowest BCUT2D eigenvalue weighted by Gasteiger charge is -2.43. The molecule has 2 fully saturated rings. The monoisotopic (exact) mass is 366 g/mol. The van der Waals surface area contributed by atoms with Gasteiger partial charge in [-0.05, 0) is 42.6 Å². The zero-order valence-corrected chi connectivity index (χ0v) is 18.0. The molecule has 0 bridgehead atoms. The van der Waals surface area contributed by atoms with E-state index in [0.717, 1.165) is 31.6 Å². The fraction of sp³-hybridized carbons (Fsp3) is 0.864. The second-order valence-corrected chi connectivity index (χ2v) is 9.83. The summed E-state index contributed by atoms with van der Waals surface area (Å²) in [6.07, 6.45) is 2.98. The maximum atomic E-state index is 13.0. The SMILES string of the molecule is CC(C)C1(OC(COC(=O)C(C)(C(C)C)C(C)(C)C)=C2CC2)CCOC1. The first-order valence-corrected chi connectivity index (χ1v) is 10.1. The Hall–Kier alpha value is -1.03. The molecule has 0 aromatic rings. The van der Waals surface area contributed by atoms with E-state index in [0.29, 0.717) is 12.5 Å². The predicted octanol–water partition coefficient (Wildman–Crippen LogP) is 5.12. The van der Waals surface area contributed by atoms with E-state index in [4.69, 9.17) is 14.2 Å². The largest absolute Gasteiger partial charge is 0.485 e. The van der Waals surface area contributed by atoms with Gasteiger partial charge in [-0.3, -0.25) is 4.79 Å². The number of esters is 1. The van der Waals surface area contributed by atoms with Gasteiger partial charge in [-0.2, -0.15) is 0 Å². The number of ether oxygens (including phenoxy) is 3. The molecule has 4 heteroatoms. The van der Waals surface area contributed by atoms with Gasteiger partial charge in [0.25, 0.3) is 0 Å². The molecule has 26 heavy (non-hydrogen) atoms. The quantitative estimate of drug-likeness (QED) is 0.463. The van der Waals surface area contributed by atoms with Crippen LogP contribution in [0.1, 0.15) is 74.7 Å². The maximum Gasteiger partial charge on any atom is 0.313 e. The van der Waals surface area contributed by atoms with E-state index in [1.807, 2.05) is 6.92 Å². The van der Waals surface area contributed by atoms with Crippen LogP contribution in [0.25, 0.3) is 0 Å². The minimum Gasteiger partial charge on any atom is -0.485 e. The van der Waals surface area contributed by atoms with Crippen molar-refractivity contribution in [1.82, 2.24) is 0 Å². The third-order valence-corrected chi connectivity index (χ3v) is 6.76. The Morgan fingerprint density at radius 3 is 2.15 bits per heavy atom. The first kappa shape index (κ1) is 21.3. The average Bonchev–Trinajstić information content (AvgIpc) is 3.27. The van der Waals surface area contributed by atoms with Gasteiger partial charge < -0.3 is 14.2 Å². The van der Waals surface area contributed by atoms with Crippen LogP contribution in [0.5, 0.6) is 0 Å². The highest BCUT2D eigenvalue weighted by molar-refractivity contribution is 5.77. The summed E-state index contributed by atoms with van der Waals surface area (Å²) in [7, 11) is 0. The molecule has 0 N–H and O–H groups in total. The van der Waals surface area contributed by atoms with Crippen LogP contribution in [-0.4, -0.2) is 31.4 Å². The lowest BCUT2D eigenvalue weighted by Crippen LogP contribution is -2.46. The van der Waals surface area contributed by atoms with Gasteiger partial charge >= 0.3 is 5.97 Å². The van der Waals surface area contributed by atoms with Crippen molar-refractivity contribution in [3.05, 3.63) is 11.3 Å². The lowest BCUT2D eigenvalue weighted by atomic mass is 9.62. The van der Waals surface area contributed by atoms with Crippen molar-refractivity contribution in [3.8, 4) is 0 Å². The zero-order valence-electron chi connectivity index (χ0n) is 18.0. The van der Waals surface area contributed by atoms with Crippen LogP contribution in [0.15, 0.2) is 11.3 Å². The molecule has 150 valence electrons. The number of carbonyl (C=O) groups is 1. The van der Waals surface area contributed by atoms with Gasteiger partial charge in [0.1, 0.15) is 18.0 Å². The summed E-state index contributed by atoms with van der Waals surface area (Å²) in [6, 6.07) is 0. The molecular weight excluding hydrogens is 328 g/mol. The molecule has 0 radical (unpaired) electrons. The molecule has 0 amide bonds. The van der Waals surface area contributed by atoms with Gasteiger partial charge in [-0.1, -0.05) is 48.5 Å². The van der Waals surface area contributed by atoms with Gasteiger partial charge in [-0.15, -0.1) is 0 Å². The first-order valence-electron chi connectivity index (χ1n) is 10.1. The minimum atomic E-state index is -0.543. The van der Waals surface area contributed by atoms with E-state index in [9.17, 15) is 4.79 Å². The Bertz CT molecular complexity index is 541. The number of hydrogen-bond acceptors (Lipinski definition) is 4. The third-order valence-electron chi connectivity index (χ3n) is 6.76. The van der Waals surface area contributed by atoms with Crippen molar-refractivity contribution in [1.29, 1.82) is 0 Å². The normalized spacial score (nSPS) is 25.4. The second-order valence-electron chi connectivity index (χ2n) is 9.83. The summed E-state index contributed by atoms with van der Waals surface area (Å²) in [5.74, 6) is 1.27. The lowest BCUT2D eigenvalue weighted by molar-refractivity contribution is -0.167. The van der Waals surface area contributed by atoms with Crippen molar-refractivity contribution >= 4 is 5.97 Å². The molecule has 0 spiro atoms. The minimum absolute atomic E-state index is 0.136. The number of carbonyl (C=O) groups excluding carboxylic acids is 1. The molecule has 2 aliphatic rings. The van der Waals surface area contributed by atoms with E-state index in [1.165, 1.54) is 5.57 Å². The Labute approximate surface area is 159 Å². The Balaban J connectivity index is 2.11. The van der Waals surface area contributed by atoms with E-state index < -0.39 is 5.41 Å². The van der Waals surface area contributed by atoms with Crippen LogP contribution in [0.2, 0.25) is 0 Å². The fourth-order valence-electron chi connectivity index (χ4n) is 3.70. The zero-order chi connectivity index (χ0) is 19.8. The molecule has 2 unspecified atom stereocenters. The molecule has 1 heterocycles. The highest BCUT2D eigenvalue weighted by atomic mass is 16.6. The first-order chi connectivity index (χ1) is 11.9. The molecular formula is C22H38O4. The highest BCUT2D eigenvalue weighted by Crippen LogP contribution is 2.46. The van der Waals surface area contributed by atoms with E-state index in [-0.39, 0.29) is 29.5 Å². The highest BCUT2D eigenvalue weighted by Gasteiger charge is 2.48. The summed E-state index contributed by atoms with van der Waals surface area (Å²) in [5.41, 5.74) is 0.276. The molecule has 0 aromatic heterocycles. The Morgan fingerprint density at radius 2 is 1.77 bits per heavy atom. The molecule has 1 saturated carbocycles. The summed E-state index contributed by atoms with van der Waals surface area (Å²) in [6.45, 7) is 18.4. The topological polar surface area (TPSA) is 44.8 Å². The number of allylic oxidation sites excluding steroid dienone is 1. The predicted molar refractivity (Wildman–Crippen MR) is 104 cm³/mol. The Morgan fingerprint density at radius 1 is 1.15 bits per heavy atom. The van der Waals surface area contributed by atoms with E-state index >= 15 is 0 Å². The summed E-state index contributed by atoms with van der Waals surface area (Å²) in [4.78, 5) is 13.0. The van der Waals surface area contributed by atoms with Crippen LogP contribution in [0, 0.1) is 22.7 Å². The van der Waals surface area contributed by atoms with Gasteiger partial charge in [0.15, 0.2) is 0 Å². The molecule has 4 nitrogen and oxygen atoms in total. The average molecular weight is 367 g/mol. The fourth-order valence-corrected chi connectivity index (χ4v) is 3.70. The second kappa shape index (κ2) is 7.53. The molecule has 1 aliphatic carbocycles. The van der Waals surface area contributed by atoms with Gasteiger partial charge in [0, 0.05) is 6.42 Å².